The number of aromatic nitrogens is 1. The molecule has 1 amide bonds. The van der Waals surface area contributed by atoms with E-state index in [1.54, 1.807) is 7.11 Å². The highest BCUT2D eigenvalue weighted by molar-refractivity contribution is 6.01. The van der Waals surface area contributed by atoms with Crippen LogP contribution < -0.4 is 15.8 Å². The van der Waals surface area contributed by atoms with Gasteiger partial charge in [-0.1, -0.05) is 32.9 Å². The Kier molecular flexibility index (Phi) is 7.77. The van der Waals surface area contributed by atoms with E-state index in [0.29, 0.717) is 24.6 Å². The third-order valence-electron chi connectivity index (χ3n) is 6.00. The van der Waals surface area contributed by atoms with Crippen LogP contribution in [-0.2, 0) is 9.47 Å². The third kappa shape index (κ3) is 5.65. The molecule has 0 aliphatic heterocycles. The van der Waals surface area contributed by atoms with Crippen molar-refractivity contribution >= 4 is 28.4 Å². The second-order valence-corrected chi connectivity index (χ2v) is 9.86. The number of rotatable bonds is 8. The van der Waals surface area contributed by atoms with E-state index in [4.69, 9.17) is 19.9 Å². The minimum Gasteiger partial charge on any atom is -0.491 e. The van der Waals surface area contributed by atoms with Crippen LogP contribution >= 0.6 is 0 Å². The van der Waals surface area contributed by atoms with Gasteiger partial charge in [0, 0.05) is 35.9 Å². The van der Waals surface area contributed by atoms with E-state index in [1.165, 1.54) is 0 Å². The number of fused-ring (bicyclic) bond motifs is 1. The highest BCUT2D eigenvalue weighted by Crippen LogP contribution is 2.40. The summed E-state index contributed by atoms with van der Waals surface area (Å²) in [6, 6.07) is 13.8. The molecule has 3 rings (SSSR count). The molecule has 0 aliphatic rings. The highest BCUT2D eigenvalue weighted by atomic mass is 16.6. The van der Waals surface area contributed by atoms with Gasteiger partial charge in [-0.2, -0.15) is 0 Å². The molecule has 1 atom stereocenters. The van der Waals surface area contributed by atoms with Crippen molar-refractivity contribution in [1.29, 1.82) is 0 Å². The average molecular weight is 468 g/mol. The summed E-state index contributed by atoms with van der Waals surface area (Å²) in [5, 5.41) is 3.78. The van der Waals surface area contributed by atoms with Crippen LogP contribution in [0.5, 0.6) is 5.75 Å². The fraction of sp³-hybridized carbons (Fsp3) is 0.444. The number of benzene rings is 2. The number of carbonyl (C=O) groups is 1. The number of hydrogen-bond donors (Lipinski definition) is 2. The Morgan fingerprint density at radius 2 is 1.74 bits per heavy atom. The molecule has 3 N–H and O–H groups in total. The molecule has 34 heavy (non-hydrogen) atoms. The Labute approximate surface area is 202 Å². The van der Waals surface area contributed by atoms with Gasteiger partial charge in [0.2, 0.25) is 0 Å². The lowest BCUT2D eigenvalue weighted by Crippen LogP contribution is -2.30. The average Bonchev–Trinajstić information content (AvgIpc) is 3.06. The molecule has 0 saturated carbocycles. The maximum absolute atomic E-state index is 12.3. The van der Waals surface area contributed by atoms with Gasteiger partial charge in [0.1, 0.15) is 18.5 Å². The second-order valence-electron chi connectivity index (χ2n) is 9.86. The van der Waals surface area contributed by atoms with E-state index in [2.05, 4.69) is 23.7 Å². The lowest BCUT2D eigenvalue weighted by molar-refractivity contribution is 0.0528. The van der Waals surface area contributed by atoms with Gasteiger partial charge in [0.15, 0.2) is 0 Å². The first-order valence-corrected chi connectivity index (χ1v) is 11.7. The van der Waals surface area contributed by atoms with Gasteiger partial charge in [0.05, 0.1) is 23.5 Å². The zero-order valence-electron chi connectivity index (χ0n) is 21.3. The number of nitrogens with two attached hydrogens (primary N) is 1. The smallest absolute Gasteiger partial charge is 0.411 e. The van der Waals surface area contributed by atoms with Crippen molar-refractivity contribution in [2.24, 2.45) is 5.41 Å². The summed E-state index contributed by atoms with van der Waals surface area (Å²) in [6.45, 7) is 13.3. The van der Waals surface area contributed by atoms with Gasteiger partial charge >= 0.3 is 6.09 Å². The van der Waals surface area contributed by atoms with Crippen molar-refractivity contribution in [2.75, 3.05) is 31.4 Å². The molecule has 7 nitrogen and oxygen atoms in total. The van der Waals surface area contributed by atoms with Gasteiger partial charge in [-0.05, 0) is 50.5 Å². The molecule has 0 aliphatic carbocycles. The summed E-state index contributed by atoms with van der Waals surface area (Å²) in [7, 11) is 1.65. The van der Waals surface area contributed by atoms with Crippen LogP contribution in [0.2, 0.25) is 0 Å². The van der Waals surface area contributed by atoms with E-state index in [0.717, 1.165) is 27.9 Å². The Hall–Kier alpha value is -3.19. The molecular formula is C27H37N3O4. The van der Waals surface area contributed by atoms with Crippen LogP contribution in [0.3, 0.4) is 0 Å². The number of nitrogens with zero attached hydrogens (tertiary/aromatic N) is 1. The lowest BCUT2D eigenvalue weighted by Gasteiger charge is -2.26. The normalized spacial score (nSPS) is 12.7. The summed E-state index contributed by atoms with van der Waals surface area (Å²) in [4.78, 5) is 12.3. The molecule has 2 aromatic carbocycles. The summed E-state index contributed by atoms with van der Waals surface area (Å²) in [5.41, 5.74) is 10.8. The van der Waals surface area contributed by atoms with E-state index in [9.17, 15) is 4.79 Å². The first-order chi connectivity index (χ1) is 16.0. The summed E-state index contributed by atoms with van der Waals surface area (Å²) >= 11 is 0. The molecule has 1 aromatic heterocycles. The molecule has 0 radical (unpaired) electrons. The molecule has 184 valence electrons. The van der Waals surface area contributed by atoms with E-state index in [-0.39, 0.29) is 17.6 Å². The number of anilines is 2. The first kappa shape index (κ1) is 25.4. The summed E-state index contributed by atoms with van der Waals surface area (Å²) in [6.07, 6.45) is -0.677. The maximum Gasteiger partial charge on any atom is 0.411 e. The predicted octanol–water partition coefficient (Wildman–Crippen LogP) is 6.48. The van der Waals surface area contributed by atoms with Gasteiger partial charge in [-0.3, -0.25) is 5.32 Å². The summed E-state index contributed by atoms with van der Waals surface area (Å²) in [5.74, 6) is 0.776. The van der Waals surface area contributed by atoms with Gasteiger partial charge < -0.3 is 24.5 Å². The fourth-order valence-electron chi connectivity index (χ4n) is 3.68. The van der Waals surface area contributed by atoms with Crippen molar-refractivity contribution < 1.29 is 19.0 Å². The maximum atomic E-state index is 12.3. The molecule has 0 saturated heterocycles. The van der Waals surface area contributed by atoms with Gasteiger partial charge in [-0.15, -0.1) is 0 Å². The molecule has 1 unspecified atom stereocenters. The Bertz CT molecular complexity index is 1130. The zero-order chi connectivity index (χ0) is 25.0. The van der Waals surface area contributed by atoms with Crippen molar-refractivity contribution in [3.8, 4) is 17.0 Å². The molecule has 0 bridgehead atoms. The van der Waals surface area contributed by atoms with E-state index in [1.807, 2.05) is 70.2 Å². The largest absolute Gasteiger partial charge is 0.491 e. The SMILES string of the molecule is COCCOc1ccc2c(N)c(-c3ccc(NC(=O)OC(C)C(C)(C)C)cc3)n(C(C)C)c2c1. The van der Waals surface area contributed by atoms with Crippen molar-refractivity contribution in [3.05, 3.63) is 42.5 Å². The van der Waals surface area contributed by atoms with Crippen molar-refractivity contribution in [3.63, 3.8) is 0 Å². The van der Waals surface area contributed by atoms with Crippen molar-refractivity contribution in [1.82, 2.24) is 4.57 Å². The van der Waals surface area contributed by atoms with Crippen molar-refractivity contribution in [2.45, 2.75) is 53.7 Å². The van der Waals surface area contributed by atoms with Crippen LogP contribution in [0, 0.1) is 5.41 Å². The Balaban J connectivity index is 1.88. The van der Waals surface area contributed by atoms with Crippen LogP contribution in [0.25, 0.3) is 22.2 Å². The van der Waals surface area contributed by atoms with Crippen LogP contribution in [0.4, 0.5) is 16.2 Å². The third-order valence-corrected chi connectivity index (χ3v) is 6.00. The molecule has 0 spiro atoms. The zero-order valence-corrected chi connectivity index (χ0v) is 21.3. The monoisotopic (exact) mass is 467 g/mol. The lowest BCUT2D eigenvalue weighted by atomic mass is 9.90. The number of methoxy groups -OCH3 is 1. The molecule has 0 fully saturated rings. The number of hydrogen-bond acceptors (Lipinski definition) is 5. The number of nitrogens with one attached hydrogen (secondary N) is 1. The standard InChI is InChI=1S/C27H37N3O4/c1-17(2)30-23-16-21(33-15-14-32-7)12-13-22(23)24(28)25(30)19-8-10-20(11-9-19)29-26(31)34-18(3)27(4,5)6/h8-13,16-18H,14-15,28H2,1-7H3,(H,29,31). The minimum atomic E-state index is -0.466. The minimum absolute atomic E-state index is 0.127. The quantitative estimate of drug-likeness (QED) is 0.370. The highest BCUT2D eigenvalue weighted by Gasteiger charge is 2.24. The molecule has 3 aromatic rings. The van der Waals surface area contributed by atoms with Crippen LogP contribution in [0.1, 0.15) is 47.6 Å². The Morgan fingerprint density at radius 1 is 1.06 bits per heavy atom. The number of nitrogen functional groups attached to an aromatic ring is 1. The first-order valence-electron chi connectivity index (χ1n) is 11.7. The fourth-order valence-corrected chi connectivity index (χ4v) is 3.68. The predicted molar refractivity (Wildman–Crippen MR) is 139 cm³/mol. The summed E-state index contributed by atoms with van der Waals surface area (Å²) < 4.78 is 18.6. The van der Waals surface area contributed by atoms with E-state index < -0.39 is 6.09 Å². The molecule has 1 heterocycles. The number of carbonyl (C=O) groups excluding carboxylic acids is 1. The molecule has 7 heteroatoms. The number of amides is 1. The van der Waals surface area contributed by atoms with Crippen LogP contribution in [0.15, 0.2) is 42.5 Å². The molecular weight excluding hydrogens is 430 g/mol. The van der Waals surface area contributed by atoms with Crippen LogP contribution in [-0.4, -0.2) is 37.1 Å². The second kappa shape index (κ2) is 10.4. The topological polar surface area (TPSA) is 87.7 Å². The van der Waals surface area contributed by atoms with Gasteiger partial charge in [0.25, 0.3) is 0 Å². The Morgan fingerprint density at radius 3 is 2.32 bits per heavy atom. The number of ether oxygens (including phenoxy) is 3. The van der Waals surface area contributed by atoms with Gasteiger partial charge in [-0.25, -0.2) is 4.79 Å². The van der Waals surface area contributed by atoms with E-state index >= 15 is 0 Å².